The van der Waals surface area contributed by atoms with Crippen LogP contribution in [0.5, 0.6) is 5.75 Å². The van der Waals surface area contributed by atoms with E-state index in [0.29, 0.717) is 24.7 Å². The highest BCUT2D eigenvalue weighted by atomic mass is 16.5. The number of benzene rings is 1. The van der Waals surface area contributed by atoms with Gasteiger partial charge in [-0.25, -0.2) is 0 Å². The first-order valence-corrected chi connectivity index (χ1v) is 8.03. The topological polar surface area (TPSA) is 95.1 Å². The third-order valence-corrected chi connectivity index (χ3v) is 3.57. The molecule has 0 aliphatic rings. The maximum absolute atomic E-state index is 12.2. The highest BCUT2D eigenvalue weighted by molar-refractivity contribution is 6.01. The van der Waals surface area contributed by atoms with Crippen molar-refractivity contribution < 1.29 is 13.9 Å². The summed E-state index contributed by atoms with van der Waals surface area (Å²) in [7, 11) is 0. The summed E-state index contributed by atoms with van der Waals surface area (Å²) in [6, 6.07) is 9.01. The molecule has 0 fully saturated rings. The molecular weight excluding hydrogens is 322 g/mol. The Morgan fingerprint density at radius 1 is 1.24 bits per heavy atom. The number of aryl methyl sites for hydroxylation is 2. The zero-order valence-electron chi connectivity index (χ0n) is 14.3. The van der Waals surface area contributed by atoms with E-state index in [9.17, 15) is 4.79 Å². The minimum Gasteiger partial charge on any atom is -0.494 e. The van der Waals surface area contributed by atoms with Gasteiger partial charge < -0.3 is 9.15 Å². The van der Waals surface area contributed by atoms with Gasteiger partial charge in [-0.1, -0.05) is 5.10 Å². The summed E-state index contributed by atoms with van der Waals surface area (Å²) in [6.07, 6.45) is 0. The largest absolute Gasteiger partial charge is 0.494 e. The number of amides is 1. The molecule has 0 spiro atoms. The first-order chi connectivity index (χ1) is 12.1. The van der Waals surface area contributed by atoms with Gasteiger partial charge in [0, 0.05) is 17.8 Å². The summed E-state index contributed by atoms with van der Waals surface area (Å²) < 4.78 is 12.6. The molecule has 1 aromatic carbocycles. The van der Waals surface area contributed by atoms with Gasteiger partial charge in [0.05, 0.1) is 6.61 Å². The smallest absolute Gasteiger partial charge is 0.322 e. The summed E-state index contributed by atoms with van der Waals surface area (Å²) in [5, 5.41) is 14.6. The van der Waals surface area contributed by atoms with E-state index < -0.39 is 5.91 Å². The van der Waals surface area contributed by atoms with Crippen LogP contribution >= 0.6 is 0 Å². The van der Waals surface area contributed by atoms with Crippen molar-refractivity contribution in [1.82, 2.24) is 20.0 Å². The lowest BCUT2D eigenvalue weighted by Gasteiger charge is -2.02. The van der Waals surface area contributed by atoms with Crippen molar-refractivity contribution in [2.75, 3.05) is 11.9 Å². The standard InChI is InChI=1S/C17H19N5O3/c1-4-22-11(3)10-14(21-22)15(23)18-17-20-19-16(25-17)12-6-8-13(9-7-12)24-5-2/h6-10H,4-5H2,1-3H3,(H,18,20,23). The normalized spacial score (nSPS) is 10.7. The molecular formula is C17H19N5O3. The fourth-order valence-corrected chi connectivity index (χ4v) is 2.35. The van der Waals surface area contributed by atoms with Gasteiger partial charge in [-0.2, -0.15) is 5.10 Å². The van der Waals surface area contributed by atoms with Crippen molar-refractivity contribution in [3.63, 3.8) is 0 Å². The van der Waals surface area contributed by atoms with E-state index >= 15 is 0 Å². The number of hydrogen-bond acceptors (Lipinski definition) is 6. The summed E-state index contributed by atoms with van der Waals surface area (Å²) >= 11 is 0. The van der Waals surface area contributed by atoms with Crippen LogP contribution in [-0.2, 0) is 6.54 Å². The Hall–Kier alpha value is -3.16. The molecule has 0 aliphatic heterocycles. The third kappa shape index (κ3) is 3.68. The maximum Gasteiger partial charge on any atom is 0.322 e. The van der Waals surface area contributed by atoms with E-state index in [1.807, 2.05) is 45.0 Å². The SMILES string of the molecule is CCOc1ccc(-c2nnc(NC(=O)c3cc(C)n(CC)n3)o2)cc1. The van der Waals surface area contributed by atoms with Gasteiger partial charge in [-0.05, 0) is 51.1 Å². The minimum atomic E-state index is -0.391. The Labute approximate surface area is 144 Å². The molecule has 0 atom stereocenters. The molecule has 0 bridgehead atoms. The van der Waals surface area contributed by atoms with Crippen molar-refractivity contribution in [2.45, 2.75) is 27.3 Å². The van der Waals surface area contributed by atoms with Crippen LogP contribution in [0.25, 0.3) is 11.5 Å². The molecule has 8 heteroatoms. The number of nitrogens with zero attached hydrogens (tertiary/aromatic N) is 4. The zero-order valence-corrected chi connectivity index (χ0v) is 14.3. The molecule has 0 unspecified atom stereocenters. The van der Waals surface area contributed by atoms with Crippen molar-refractivity contribution in [2.24, 2.45) is 0 Å². The van der Waals surface area contributed by atoms with E-state index in [0.717, 1.165) is 17.0 Å². The summed E-state index contributed by atoms with van der Waals surface area (Å²) in [5.74, 6) is 0.687. The van der Waals surface area contributed by atoms with Crippen LogP contribution in [-0.4, -0.2) is 32.5 Å². The third-order valence-electron chi connectivity index (χ3n) is 3.57. The van der Waals surface area contributed by atoms with Crippen molar-refractivity contribution in [3.05, 3.63) is 41.7 Å². The predicted molar refractivity (Wildman–Crippen MR) is 91.5 cm³/mol. The lowest BCUT2D eigenvalue weighted by atomic mass is 10.2. The van der Waals surface area contributed by atoms with Gasteiger partial charge in [0.1, 0.15) is 5.75 Å². The molecule has 25 heavy (non-hydrogen) atoms. The van der Waals surface area contributed by atoms with Gasteiger partial charge >= 0.3 is 6.01 Å². The molecule has 3 rings (SSSR count). The van der Waals surface area contributed by atoms with Crippen LogP contribution in [0.2, 0.25) is 0 Å². The molecule has 0 radical (unpaired) electrons. The molecule has 1 N–H and O–H groups in total. The van der Waals surface area contributed by atoms with Gasteiger partial charge in [-0.3, -0.25) is 14.8 Å². The lowest BCUT2D eigenvalue weighted by Crippen LogP contribution is -2.13. The Morgan fingerprint density at radius 2 is 2.00 bits per heavy atom. The number of carbonyl (C=O) groups excluding carboxylic acids is 1. The molecule has 3 aromatic rings. The molecule has 2 heterocycles. The summed E-state index contributed by atoms with van der Waals surface area (Å²) in [5.41, 5.74) is 1.95. The van der Waals surface area contributed by atoms with Crippen LogP contribution in [0.3, 0.4) is 0 Å². The van der Waals surface area contributed by atoms with Crippen LogP contribution in [0.1, 0.15) is 30.0 Å². The second-order valence-electron chi connectivity index (χ2n) is 5.31. The van der Waals surface area contributed by atoms with Crippen molar-refractivity contribution in [1.29, 1.82) is 0 Å². The minimum absolute atomic E-state index is 0.0255. The number of ether oxygens (including phenoxy) is 1. The fourth-order valence-electron chi connectivity index (χ4n) is 2.35. The van der Waals surface area contributed by atoms with Crippen LogP contribution in [0.4, 0.5) is 6.01 Å². The second kappa shape index (κ2) is 7.16. The van der Waals surface area contributed by atoms with Crippen molar-refractivity contribution >= 4 is 11.9 Å². The molecule has 0 saturated carbocycles. The van der Waals surface area contributed by atoms with Crippen LogP contribution < -0.4 is 10.1 Å². The number of anilines is 1. The van der Waals surface area contributed by atoms with Gasteiger partial charge in [0.2, 0.25) is 5.89 Å². The first-order valence-electron chi connectivity index (χ1n) is 8.03. The highest BCUT2D eigenvalue weighted by Gasteiger charge is 2.16. The molecule has 0 aliphatic carbocycles. The van der Waals surface area contributed by atoms with E-state index in [1.165, 1.54) is 0 Å². The van der Waals surface area contributed by atoms with E-state index in [-0.39, 0.29) is 6.01 Å². The second-order valence-corrected chi connectivity index (χ2v) is 5.31. The lowest BCUT2D eigenvalue weighted by molar-refractivity contribution is 0.101. The van der Waals surface area contributed by atoms with Gasteiger partial charge in [-0.15, -0.1) is 5.10 Å². The number of hydrogen-bond donors (Lipinski definition) is 1. The van der Waals surface area contributed by atoms with E-state index in [4.69, 9.17) is 9.15 Å². The maximum atomic E-state index is 12.2. The number of aromatic nitrogens is 4. The number of nitrogens with one attached hydrogen (secondary N) is 1. The Kier molecular flexibility index (Phi) is 4.78. The Bertz CT molecular complexity index is 867. The van der Waals surface area contributed by atoms with E-state index in [1.54, 1.807) is 10.7 Å². The molecule has 1 amide bonds. The highest BCUT2D eigenvalue weighted by Crippen LogP contribution is 2.22. The van der Waals surface area contributed by atoms with Crippen molar-refractivity contribution in [3.8, 4) is 17.2 Å². The molecule has 0 saturated heterocycles. The zero-order chi connectivity index (χ0) is 17.8. The Morgan fingerprint density at radius 3 is 2.64 bits per heavy atom. The van der Waals surface area contributed by atoms with Gasteiger partial charge in [0.15, 0.2) is 5.69 Å². The van der Waals surface area contributed by atoms with Crippen LogP contribution in [0, 0.1) is 6.92 Å². The fraction of sp³-hybridized carbons (Fsp3) is 0.294. The van der Waals surface area contributed by atoms with E-state index in [2.05, 4.69) is 20.6 Å². The summed E-state index contributed by atoms with van der Waals surface area (Å²) in [4.78, 5) is 12.2. The Balaban J connectivity index is 1.71. The number of carbonyl (C=O) groups is 1. The summed E-state index contributed by atoms with van der Waals surface area (Å²) in [6.45, 7) is 7.07. The average Bonchev–Trinajstić information content (AvgIpc) is 3.22. The molecule has 8 nitrogen and oxygen atoms in total. The molecule has 2 aromatic heterocycles. The predicted octanol–water partition coefficient (Wildman–Crippen LogP) is 2.91. The number of rotatable bonds is 6. The first kappa shape index (κ1) is 16.7. The monoisotopic (exact) mass is 341 g/mol. The van der Waals surface area contributed by atoms with Crippen LogP contribution in [0.15, 0.2) is 34.7 Å². The molecule has 130 valence electrons. The van der Waals surface area contributed by atoms with Gasteiger partial charge in [0.25, 0.3) is 5.91 Å². The average molecular weight is 341 g/mol. The quantitative estimate of drug-likeness (QED) is 0.741.